The van der Waals surface area contributed by atoms with Crippen LogP contribution in [-0.2, 0) is 20.4 Å². The Labute approximate surface area is 151 Å². The van der Waals surface area contributed by atoms with E-state index in [9.17, 15) is 4.79 Å². The van der Waals surface area contributed by atoms with Crippen LogP contribution in [0.4, 0.5) is 5.82 Å². The standard InChI is InChI=1S/C19H32N4O2/c1-13(16(24)23-8-10-25-11-9-23)20-15-12-14(18(2,3)4)21-17(22-15)19(5,6)7/h12-13H,8-11H2,1-7H3,(H,20,21,22). The van der Waals surface area contributed by atoms with E-state index >= 15 is 0 Å². The van der Waals surface area contributed by atoms with Crippen molar-refractivity contribution in [3.63, 3.8) is 0 Å². The molecule has 1 atom stereocenters. The molecule has 0 radical (unpaired) electrons. The average molecular weight is 348 g/mol. The van der Waals surface area contributed by atoms with Gasteiger partial charge in [0.05, 0.1) is 18.9 Å². The zero-order valence-electron chi connectivity index (χ0n) is 16.6. The minimum atomic E-state index is -0.339. The van der Waals surface area contributed by atoms with Crippen molar-refractivity contribution in [1.82, 2.24) is 14.9 Å². The number of amides is 1. The molecule has 140 valence electrons. The van der Waals surface area contributed by atoms with Gasteiger partial charge in [-0.25, -0.2) is 9.97 Å². The minimum Gasteiger partial charge on any atom is -0.378 e. The minimum absolute atomic E-state index is 0.0801. The van der Waals surface area contributed by atoms with Crippen molar-refractivity contribution in [2.24, 2.45) is 0 Å². The number of rotatable bonds is 3. The number of hydrogen-bond donors (Lipinski definition) is 1. The molecule has 1 amide bonds. The van der Waals surface area contributed by atoms with Crippen molar-refractivity contribution in [3.8, 4) is 0 Å². The molecule has 2 rings (SSSR count). The zero-order chi connectivity index (χ0) is 18.8. The molecule has 0 aromatic carbocycles. The predicted molar refractivity (Wildman–Crippen MR) is 99.9 cm³/mol. The van der Waals surface area contributed by atoms with Gasteiger partial charge in [-0.3, -0.25) is 4.79 Å². The summed E-state index contributed by atoms with van der Waals surface area (Å²) in [5.41, 5.74) is 0.729. The summed E-state index contributed by atoms with van der Waals surface area (Å²) in [5.74, 6) is 1.57. The monoisotopic (exact) mass is 348 g/mol. The lowest BCUT2D eigenvalue weighted by molar-refractivity contribution is -0.135. The number of carbonyl (C=O) groups is 1. The lowest BCUT2D eigenvalue weighted by Gasteiger charge is -2.30. The molecule has 0 saturated carbocycles. The summed E-state index contributed by atoms with van der Waals surface area (Å²) >= 11 is 0. The maximum atomic E-state index is 12.6. The van der Waals surface area contributed by atoms with E-state index in [0.29, 0.717) is 32.1 Å². The molecule has 1 N–H and O–H groups in total. The molecule has 1 aliphatic rings. The lowest BCUT2D eigenvalue weighted by atomic mass is 9.90. The van der Waals surface area contributed by atoms with Crippen molar-refractivity contribution in [2.75, 3.05) is 31.6 Å². The van der Waals surface area contributed by atoms with Crippen LogP contribution < -0.4 is 5.32 Å². The third kappa shape index (κ3) is 5.14. The second-order valence-corrected chi connectivity index (χ2v) is 8.77. The molecule has 0 bridgehead atoms. The molecule has 1 aromatic heterocycles. The van der Waals surface area contributed by atoms with E-state index in [4.69, 9.17) is 9.72 Å². The highest BCUT2D eigenvalue weighted by Crippen LogP contribution is 2.27. The van der Waals surface area contributed by atoms with Crippen molar-refractivity contribution >= 4 is 11.7 Å². The Morgan fingerprint density at radius 3 is 2.24 bits per heavy atom. The highest BCUT2D eigenvalue weighted by molar-refractivity contribution is 5.84. The van der Waals surface area contributed by atoms with Gasteiger partial charge >= 0.3 is 0 Å². The normalized spacial score (nSPS) is 17.3. The van der Waals surface area contributed by atoms with E-state index in [1.54, 1.807) is 0 Å². The van der Waals surface area contributed by atoms with Crippen molar-refractivity contribution < 1.29 is 9.53 Å². The Morgan fingerprint density at radius 1 is 1.12 bits per heavy atom. The van der Waals surface area contributed by atoms with Crippen LogP contribution >= 0.6 is 0 Å². The van der Waals surface area contributed by atoms with Gasteiger partial charge in [-0.1, -0.05) is 41.5 Å². The van der Waals surface area contributed by atoms with Crippen molar-refractivity contribution in [3.05, 3.63) is 17.6 Å². The number of aromatic nitrogens is 2. The number of carbonyl (C=O) groups excluding carboxylic acids is 1. The molecule has 1 unspecified atom stereocenters. The number of ether oxygens (including phenoxy) is 1. The summed E-state index contributed by atoms with van der Waals surface area (Å²) in [5, 5.41) is 3.28. The fraction of sp³-hybridized carbons (Fsp3) is 0.737. The molecule has 6 heteroatoms. The highest BCUT2D eigenvalue weighted by Gasteiger charge is 2.26. The van der Waals surface area contributed by atoms with Crippen LogP contribution in [0.1, 0.15) is 60.0 Å². The van der Waals surface area contributed by atoms with E-state index in [1.165, 1.54) is 0 Å². The number of nitrogens with zero attached hydrogens (tertiary/aromatic N) is 3. The number of morpholine rings is 1. The third-order valence-corrected chi connectivity index (χ3v) is 4.22. The van der Waals surface area contributed by atoms with Gasteiger partial charge in [-0.05, 0) is 6.92 Å². The van der Waals surface area contributed by atoms with E-state index in [-0.39, 0.29) is 22.8 Å². The van der Waals surface area contributed by atoms with Crippen LogP contribution in [0, 0.1) is 0 Å². The van der Waals surface area contributed by atoms with Crippen LogP contribution in [0.2, 0.25) is 0 Å². The molecular formula is C19H32N4O2. The number of anilines is 1. The Hall–Kier alpha value is -1.69. The topological polar surface area (TPSA) is 67.4 Å². The molecule has 1 fully saturated rings. The Kier molecular flexibility index (Phi) is 5.72. The van der Waals surface area contributed by atoms with Gasteiger partial charge in [0.15, 0.2) is 0 Å². The van der Waals surface area contributed by atoms with Gasteiger partial charge in [0, 0.05) is 30.0 Å². The summed E-state index contributed by atoms with van der Waals surface area (Å²) in [6, 6.07) is 1.62. The van der Waals surface area contributed by atoms with Crippen LogP contribution in [0.15, 0.2) is 6.07 Å². The average Bonchev–Trinajstić information content (AvgIpc) is 2.53. The highest BCUT2D eigenvalue weighted by atomic mass is 16.5. The number of hydrogen-bond acceptors (Lipinski definition) is 5. The quantitative estimate of drug-likeness (QED) is 0.910. The van der Waals surface area contributed by atoms with Crippen molar-refractivity contribution in [1.29, 1.82) is 0 Å². The lowest BCUT2D eigenvalue weighted by Crippen LogP contribution is -2.47. The van der Waals surface area contributed by atoms with Gasteiger partial charge in [0.25, 0.3) is 0 Å². The van der Waals surface area contributed by atoms with Crippen LogP contribution in [0.5, 0.6) is 0 Å². The summed E-state index contributed by atoms with van der Waals surface area (Å²) in [6.45, 7) is 17.1. The van der Waals surface area contributed by atoms with Crippen LogP contribution in [0.25, 0.3) is 0 Å². The number of nitrogens with one attached hydrogen (secondary N) is 1. The van der Waals surface area contributed by atoms with E-state index < -0.39 is 0 Å². The predicted octanol–water partition coefficient (Wildman–Crippen LogP) is 2.73. The molecule has 2 heterocycles. The van der Waals surface area contributed by atoms with Gasteiger partial charge < -0.3 is 15.0 Å². The maximum absolute atomic E-state index is 12.6. The first kappa shape index (κ1) is 19.6. The molecule has 0 spiro atoms. The Bertz CT molecular complexity index is 579. The van der Waals surface area contributed by atoms with E-state index in [1.807, 2.05) is 17.9 Å². The Morgan fingerprint density at radius 2 is 1.72 bits per heavy atom. The largest absolute Gasteiger partial charge is 0.378 e. The SMILES string of the molecule is CC(Nc1cc(C(C)(C)C)nc(C(C)(C)C)n1)C(=O)N1CCOCC1. The second kappa shape index (κ2) is 7.28. The first-order chi connectivity index (χ1) is 11.5. The van der Waals surface area contributed by atoms with E-state index in [0.717, 1.165) is 11.5 Å². The molecule has 6 nitrogen and oxygen atoms in total. The summed E-state index contributed by atoms with van der Waals surface area (Å²) < 4.78 is 5.32. The molecule has 25 heavy (non-hydrogen) atoms. The molecule has 1 aliphatic heterocycles. The fourth-order valence-electron chi connectivity index (χ4n) is 2.58. The molecule has 1 saturated heterocycles. The first-order valence-corrected chi connectivity index (χ1v) is 9.01. The van der Waals surface area contributed by atoms with Crippen molar-refractivity contribution in [2.45, 2.75) is 65.3 Å². The maximum Gasteiger partial charge on any atom is 0.244 e. The smallest absolute Gasteiger partial charge is 0.244 e. The molecule has 0 aliphatic carbocycles. The van der Waals surface area contributed by atoms with Gasteiger partial charge in [-0.2, -0.15) is 0 Å². The summed E-state index contributed by atoms with van der Waals surface area (Å²) in [7, 11) is 0. The van der Waals surface area contributed by atoms with E-state index in [2.05, 4.69) is 51.8 Å². The third-order valence-electron chi connectivity index (χ3n) is 4.22. The summed E-state index contributed by atoms with van der Waals surface area (Å²) in [6.07, 6.45) is 0. The zero-order valence-corrected chi connectivity index (χ0v) is 16.6. The van der Waals surface area contributed by atoms with Gasteiger partial charge in [0.2, 0.25) is 5.91 Å². The van der Waals surface area contributed by atoms with Gasteiger partial charge in [0.1, 0.15) is 17.7 Å². The van der Waals surface area contributed by atoms with Crippen LogP contribution in [0.3, 0.4) is 0 Å². The fourth-order valence-corrected chi connectivity index (χ4v) is 2.58. The summed E-state index contributed by atoms with van der Waals surface area (Å²) in [4.78, 5) is 23.9. The Balaban J connectivity index is 2.23. The van der Waals surface area contributed by atoms with Crippen LogP contribution in [-0.4, -0.2) is 53.1 Å². The first-order valence-electron chi connectivity index (χ1n) is 9.01. The molecule has 1 aromatic rings. The second-order valence-electron chi connectivity index (χ2n) is 8.77. The molecular weight excluding hydrogens is 316 g/mol. The van der Waals surface area contributed by atoms with Gasteiger partial charge in [-0.15, -0.1) is 0 Å².